The Morgan fingerprint density at radius 3 is 1.35 bits per heavy atom. The van der Waals surface area contributed by atoms with E-state index in [2.05, 4.69) is 66.3 Å². The minimum Gasteiger partial charge on any atom is -0.334 e. The van der Waals surface area contributed by atoms with E-state index in [0.717, 1.165) is 0 Å². The molecule has 1 aromatic heterocycles. The monoisotopic (exact) mass is 593 g/mol. The van der Waals surface area contributed by atoms with Crippen molar-refractivity contribution in [2.24, 2.45) is 5.92 Å². The molecule has 0 aliphatic rings. The number of aromatic nitrogens is 2. The summed E-state index contributed by atoms with van der Waals surface area (Å²) in [6.45, 7) is 4.62. The average Bonchev–Trinajstić information content (AvgIpc) is 3.57. The van der Waals surface area contributed by atoms with Gasteiger partial charge in [-0.1, -0.05) is 205 Å². The van der Waals surface area contributed by atoms with Crippen molar-refractivity contribution in [1.29, 1.82) is 0 Å². The summed E-state index contributed by atoms with van der Waals surface area (Å²) in [6, 6.07) is 11.8. The van der Waals surface area contributed by atoms with Crippen LogP contribution in [0.5, 0.6) is 0 Å². The molecular weight excluding hydrogens is 520 g/mol. The molecule has 246 valence electrons. The summed E-state index contributed by atoms with van der Waals surface area (Å²) in [5, 5.41) is 0. The summed E-state index contributed by atoms with van der Waals surface area (Å²) >= 11 is 0. The third-order valence-corrected chi connectivity index (χ3v) is 9.82. The molecule has 0 fully saturated rings. The first-order chi connectivity index (χ1) is 21.3. The van der Waals surface area contributed by atoms with Gasteiger partial charge in [-0.05, 0) is 30.7 Å². The Labute approximate surface area is 269 Å². The number of hydrogen-bond acceptors (Lipinski definition) is 1. The molecule has 0 bridgehead atoms. The lowest BCUT2D eigenvalue weighted by atomic mass is 9.84. The molecule has 0 amide bonds. The van der Waals surface area contributed by atoms with Gasteiger partial charge in [-0.15, -0.1) is 0 Å². The van der Waals surface area contributed by atoms with Crippen molar-refractivity contribution in [3.63, 3.8) is 0 Å². The highest BCUT2D eigenvalue weighted by molar-refractivity contribution is 5.15. The first-order valence-corrected chi connectivity index (χ1v) is 19.4. The SMILES string of the molecule is CCCCCCCCCCCCCCCCCCCC(Cc1ccccc1)C(CCCCCCCCCC)n1ccnc1. The van der Waals surface area contributed by atoms with E-state index in [-0.39, 0.29) is 0 Å². The molecular formula is C41H72N2. The van der Waals surface area contributed by atoms with Crippen molar-refractivity contribution in [3.05, 3.63) is 54.6 Å². The fourth-order valence-electron chi connectivity index (χ4n) is 7.06. The molecule has 0 saturated heterocycles. The van der Waals surface area contributed by atoms with E-state index in [1.54, 1.807) is 0 Å². The fraction of sp³-hybridized carbons (Fsp3) is 0.780. The maximum Gasteiger partial charge on any atom is 0.0948 e. The molecule has 43 heavy (non-hydrogen) atoms. The Morgan fingerprint density at radius 2 is 0.930 bits per heavy atom. The Hall–Kier alpha value is -1.57. The van der Waals surface area contributed by atoms with Crippen LogP contribution in [0.3, 0.4) is 0 Å². The van der Waals surface area contributed by atoms with Crippen LogP contribution in [0.1, 0.15) is 199 Å². The van der Waals surface area contributed by atoms with Gasteiger partial charge in [0.1, 0.15) is 0 Å². The molecule has 1 heterocycles. The molecule has 0 radical (unpaired) electrons. The van der Waals surface area contributed by atoms with E-state index in [1.807, 2.05) is 6.20 Å². The minimum absolute atomic E-state index is 0.573. The van der Waals surface area contributed by atoms with E-state index < -0.39 is 0 Å². The van der Waals surface area contributed by atoms with Gasteiger partial charge in [-0.2, -0.15) is 0 Å². The molecule has 2 rings (SSSR count). The van der Waals surface area contributed by atoms with E-state index in [9.17, 15) is 0 Å². The second-order valence-electron chi connectivity index (χ2n) is 13.7. The Balaban J connectivity index is 1.64. The third-order valence-electron chi connectivity index (χ3n) is 9.82. The zero-order valence-corrected chi connectivity index (χ0v) is 29.0. The average molecular weight is 593 g/mol. The molecule has 2 heteroatoms. The number of nitrogens with zero attached hydrogens (tertiary/aromatic N) is 2. The van der Waals surface area contributed by atoms with Crippen LogP contribution in [-0.4, -0.2) is 9.55 Å². The van der Waals surface area contributed by atoms with Crippen LogP contribution in [0.4, 0.5) is 0 Å². The molecule has 2 atom stereocenters. The van der Waals surface area contributed by atoms with Crippen molar-refractivity contribution < 1.29 is 0 Å². The molecule has 0 spiro atoms. The van der Waals surface area contributed by atoms with Gasteiger partial charge in [-0.25, -0.2) is 4.98 Å². The lowest BCUT2D eigenvalue weighted by Gasteiger charge is -2.29. The summed E-state index contributed by atoms with van der Waals surface area (Å²) in [5.74, 6) is 0.692. The molecule has 1 aromatic carbocycles. The second-order valence-corrected chi connectivity index (χ2v) is 13.7. The fourth-order valence-corrected chi connectivity index (χ4v) is 7.06. The van der Waals surface area contributed by atoms with Crippen LogP contribution in [0.15, 0.2) is 49.1 Å². The van der Waals surface area contributed by atoms with Gasteiger partial charge in [0, 0.05) is 18.4 Å². The molecule has 2 nitrogen and oxygen atoms in total. The topological polar surface area (TPSA) is 17.8 Å². The zero-order chi connectivity index (χ0) is 30.5. The van der Waals surface area contributed by atoms with Crippen LogP contribution in [0.2, 0.25) is 0 Å². The highest BCUT2D eigenvalue weighted by Gasteiger charge is 2.23. The van der Waals surface area contributed by atoms with Crippen LogP contribution < -0.4 is 0 Å². The number of unbranched alkanes of at least 4 members (excludes halogenated alkanes) is 23. The standard InChI is InChI=1S/C41H72N2/c1-3-5-7-9-11-13-14-15-16-17-18-19-20-21-22-24-29-33-40(37-39-31-27-26-28-32-39)41(43-36-35-42-38-43)34-30-25-23-12-10-8-6-4-2/h26-28,31-32,35-36,38,40-41H,3-25,29-30,33-34,37H2,1-2H3. The number of benzene rings is 1. The third kappa shape index (κ3) is 20.2. The van der Waals surface area contributed by atoms with Crippen molar-refractivity contribution in [3.8, 4) is 0 Å². The predicted octanol–water partition coefficient (Wildman–Crippen LogP) is 13.9. The van der Waals surface area contributed by atoms with Gasteiger partial charge >= 0.3 is 0 Å². The van der Waals surface area contributed by atoms with Gasteiger partial charge < -0.3 is 4.57 Å². The van der Waals surface area contributed by atoms with Gasteiger partial charge in [0.25, 0.3) is 0 Å². The lowest BCUT2D eigenvalue weighted by Crippen LogP contribution is -2.21. The summed E-state index contributed by atoms with van der Waals surface area (Å²) in [5.41, 5.74) is 1.50. The highest BCUT2D eigenvalue weighted by Crippen LogP contribution is 2.32. The van der Waals surface area contributed by atoms with Crippen LogP contribution in [0.25, 0.3) is 0 Å². The van der Waals surface area contributed by atoms with Gasteiger partial charge in [0.05, 0.1) is 6.33 Å². The Morgan fingerprint density at radius 1 is 0.512 bits per heavy atom. The molecule has 2 aromatic rings. The first-order valence-electron chi connectivity index (χ1n) is 19.4. The number of imidazole rings is 1. The predicted molar refractivity (Wildman–Crippen MR) is 191 cm³/mol. The minimum atomic E-state index is 0.573. The second kappa shape index (κ2) is 27.9. The maximum atomic E-state index is 4.46. The Bertz CT molecular complexity index is 798. The van der Waals surface area contributed by atoms with E-state index in [1.165, 1.54) is 185 Å². The number of rotatable bonds is 31. The van der Waals surface area contributed by atoms with Crippen LogP contribution in [-0.2, 0) is 6.42 Å². The molecule has 0 saturated carbocycles. The molecule has 0 N–H and O–H groups in total. The molecule has 2 unspecified atom stereocenters. The van der Waals surface area contributed by atoms with Crippen molar-refractivity contribution in [2.75, 3.05) is 0 Å². The highest BCUT2D eigenvalue weighted by atomic mass is 15.1. The van der Waals surface area contributed by atoms with E-state index in [0.29, 0.717) is 12.0 Å². The Kier molecular flexibility index (Phi) is 24.4. The van der Waals surface area contributed by atoms with Crippen molar-refractivity contribution >= 4 is 0 Å². The summed E-state index contributed by atoms with van der Waals surface area (Å²) in [6.07, 6.45) is 45.8. The van der Waals surface area contributed by atoms with Crippen LogP contribution >= 0.6 is 0 Å². The maximum absolute atomic E-state index is 4.46. The first kappa shape index (κ1) is 37.6. The lowest BCUT2D eigenvalue weighted by molar-refractivity contribution is 0.275. The molecule has 0 aliphatic carbocycles. The zero-order valence-electron chi connectivity index (χ0n) is 29.0. The summed E-state index contributed by atoms with van der Waals surface area (Å²) < 4.78 is 2.45. The van der Waals surface area contributed by atoms with Gasteiger partial charge in [0.15, 0.2) is 0 Å². The van der Waals surface area contributed by atoms with Crippen molar-refractivity contribution in [2.45, 2.75) is 200 Å². The van der Waals surface area contributed by atoms with Gasteiger partial charge in [-0.3, -0.25) is 0 Å². The normalized spacial score (nSPS) is 13.0. The van der Waals surface area contributed by atoms with Gasteiger partial charge in [0.2, 0.25) is 0 Å². The summed E-state index contributed by atoms with van der Waals surface area (Å²) in [4.78, 5) is 4.46. The largest absolute Gasteiger partial charge is 0.334 e. The van der Waals surface area contributed by atoms with E-state index in [4.69, 9.17) is 0 Å². The van der Waals surface area contributed by atoms with Crippen LogP contribution in [0, 0.1) is 5.92 Å². The smallest absolute Gasteiger partial charge is 0.0948 e. The quantitative estimate of drug-likeness (QED) is 0.0796. The van der Waals surface area contributed by atoms with E-state index >= 15 is 0 Å². The van der Waals surface area contributed by atoms with Crippen molar-refractivity contribution in [1.82, 2.24) is 9.55 Å². The summed E-state index contributed by atoms with van der Waals surface area (Å²) in [7, 11) is 0. The molecule has 0 aliphatic heterocycles. The number of hydrogen-bond donors (Lipinski definition) is 0.